The van der Waals surface area contributed by atoms with Gasteiger partial charge < -0.3 is 19.9 Å². The fourth-order valence-electron chi connectivity index (χ4n) is 4.68. The Morgan fingerprint density at radius 1 is 1.10 bits per heavy atom. The molecule has 2 aromatic heterocycles. The number of amides is 1. The first-order valence-corrected chi connectivity index (χ1v) is 13.0. The highest BCUT2D eigenvalue weighted by molar-refractivity contribution is 6.30. The number of carboxylic acids is 1. The Balaban J connectivity index is 1.84. The number of hydrogen-bond donors (Lipinski definition) is 2. The van der Waals surface area contributed by atoms with Crippen molar-refractivity contribution in [2.45, 2.75) is 59.2 Å². The van der Waals surface area contributed by atoms with E-state index in [-0.39, 0.29) is 5.69 Å². The van der Waals surface area contributed by atoms with Gasteiger partial charge in [0.05, 0.1) is 18.2 Å². The monoisotopic (exact) mass is 549 g/mol. The molecule has 0 spiro atoms. The molecule has 1 atom stereocenters. The van der Waals surface area contributed by atoms with Crippen LogP contribution in [-0.4, -0.2) is 39.7 Å². The van der Waals surface area contributed by atoms with E-state index in [1.807, 2.05) is 43.3 Å². The lowest BCUT2D eigenvalue weighted by molar-refractivity contribution is -0.160. The van der Waals surface area contributed by atoms with Gasteiger partial charge in [-0.1, -0.05) is 29.8 Å². The number of carbonyl (C=O) groups excluding carboxylic acids is 1. The summed E-state index contributed by atoms with van der Waals surface area (Å²) in [6.45, 7) is 8.95. The molecular weight excluding hydrogens is 518 g/mol. The molecule has 39 heavy (non-hydrogen) atoms. The Labute approximate surface area is 232 Å². The molecule has 0 aliphatic heterocycles. The first-order valence-electron chi connectivity index (χ1n) is 12.6. The van der Waals surface area contributed by atoms with Gasteiger partial charge in [-0.25, -0.2) is 14.8 Å². The second-order valence-electron chi connectivity index (χ2n) is 10.4. The number of ether oxygens (including phenoxy) is 2. The first kappa shape index (κ1) is 28.3. The van der Waals surface area contributed by atoms with Gasteiger partial charge in [0.1, 0.15) is 17.3 Å². The minimum Gasteiger partial charge on any atom is -0.496 e. The van der Waals surface area contributed by atoms with E-state index in [1.54, 1.807) is 40.9 Å². The highest BCUT2D eigenvalue weighted by Crippen LogP contribution is 2.40. The summed E-state index contributed by atoms with van der Waals surface area (Å²) >= 11 is 6.23. The number of nitrogens with one attached hydrogen (secondary N) is 1. The Hall–Kier alpha value is -3.75. The standard InChI is InChI=1S/C30H32ClN3O5/c1-16-24(18-11-13-19(31)14-12-18)25(26(29(36)37)39-30(3,4)5)17(2)32-27(16)34-28(35)22-15-23(38-6)20-9-7-8-10-21(20)33-22/h7-11,13,15,26H,12,14H2,1-6H3,(H,36,37)(H,32,34,35)/t26-/m0/s1. The highest BCUT2D eigenvalue weighted by Gasteiger charge is 2.33. The van der Waals surface area contributed by atoms with Crippen molar-refractivity contribution in [1.29, 1.82) is 0 Å². The Bertz CT molecular complexity index is 1520. The number of aromatic nitrogens is 2. The number of para-hydroxylation sites is 1. The molecule has 1 aliphatic rings. The van der Waals surface area contributed by atoms with E-state index in [2.05, 4.69) is 15.3 Å². The second kappa shape index (κ2) is 11.2. The number of halogens is 1. The predicted molar refractivity (Wildman–Crippen MR) is 152 cm³/mol. The molecule has 2 heterocycles. The zero-order chi connectivity index (χ0) is 28.5. The van der Waals surface area contributed by atoms with Gasteiger partial charge in [-0.3, -0.25) is 4.79 Å². The molecule has 204 valence electrons. The maximum Gasteiger partial charge on any atom is 0.337 e. The Morgan fingerprint density at radius 3 is 2.44 bits per heavy atom. The van der Waals surface area contributed by atoms with E-state index >= 15 is 0 Å². The average molecular weight is 550 g/mol. The molecule has 8 nitrogen and oxygen atoms in total. The minimum absolute atomic E-state index is 0.168. The lowest BCUT2D eigenvalue weighted by Gasteiger charge is -2.29. The third kappa shape index (κ3) is 6.13. The van der Waals surface area contributed by atoms with Gasteiger partial charge in [-0.15, -0.1) is 0 Å². The van der Waals surface area contributed by atoms with Crippen LogP contribution in [0, 0.1) is 13.8 Å². The van der Waals surface area contributed by atoms with Crippen LogP contribution in [0.3, 0.4) is 0 Å². The smallest absolute Gasteiger partial charge is 0.337 e. The van der Waals surface area contributed by atoms with Crippen LogP contribution in [-0.2, 0) is 9.53 Å². The van der Waals surface area contributed by atoms with Crippen molar-refractivity contribution in [3.63, 3.8) is 0 Å². The van der Waals surface area contributed by atoms with Gasteiger partial charge >= 0.3 is 5.97 Å². The molecule has 9 heteroatoms. The topological polar surface area (TPSA) is 111 Å². The van der Waals surface area contributed by atoms with Gasteiger partial charge in [-0.2, -0.15) is 0 Å². The minimum atomic E-state index is -1.26. The number of aryl methyl sites for hydroxylation is 1. The van der Waals surface area contributed by atoms with E-state index in [0.717, 1.165) is 11.0 Å². The maximum absolute atomic E-state index is 13.4. The normalized spacial score (nSPS) is 14.4. The largest absolute Gasteiger partial charge is 0.496 e. The fraction of sp³-hybridized carbons (Fsp3) is 0.333. The first-order chi connectivity index (χ1) is 18.4. The zero-order valence-corrected chi connectivity index (χ0v) is 23.6. The molecule has 2 N–H and O–H groups in total. The fourth-order valence-corrected chi connectivity index (χ4v) is 4.83. The molecule has 0 radical (unpaired) electrons. The highest BCUT2D eigenvalue weighted by atomic mass is 35.5. The SMILES string of the molecule is COc1cc(C(=O)Nc2nc(C)c([C@H](OC(C)(C)C)C(=O)O)c(C3=CC=C(Cl)CC3)c2C)nc2ccccc12. The van der Waals surface area contributed by atoms with Crippen molar-refractivity contribution in [2.75, 3.05) is 12.4 Å². The van der Waals surface area contributed by atoms with Gasteiger partial charge in [0, 0.05) is 27.7 Å². The van der Waals surface area contributed by atoms with Crippen LogP contribution in [0.5, 0.6) is 5.75 Å². The van der Waals surface area contributed by atoms with Gasteiger partial charge in [0.15, 0.2) is 6.10 Å². The molecule has 1 amide bonds. The number of fused-ring (bicyclic) bond motifs is 1. The van der Waals surface area contributed by atoms with E-state index in [9.17, 15) is 14.7 Å². The van der Waals surface area contributed by atoms with Crippen molar-refractivity contribution in [3.8, 4) is 5.75 Å². The number of carboxylic acid groups (broad SMARTS) is 1. The van der Waals surface area contributed by atoms with Crippen LogP contribution in [0.25, 0.3) is 16.5 Å². The molecule has 3 aromatic rings. The van der Waals surface area contributed by atoms with E-state index in [1.165, 1.54) is 0 Å². The van der Waals surface area contributed by atoms with Crippen LogP contribution >= 0.6 is 11.6 Å². The molecule has 0 saturated heterocycles. The molecule has 0 fully saturated rings. The van der Waals surface area contributed by atoms with Crippen LogP contribution < -0.4 is 10.1 Å². The van der Waals surface area contributed by atoms with Gasteiger partial charge in [0.2, 0.25) is 0 Å². The number of anilines is 1. The van der Waals surface area contributed by atoms with Crippen molar-refractivity contribution in [2.24, 2.45) is 0 Å². The number of nitrogens with zero attached hydrogens (tertiary/aromatic N) is 2. The van der Waals surface area contributed by atoms with Crippen LogP contribution in [0.4, 0.5) is 5.82 Å². The number of pyridine rings is 2. The van der Waals surface area contributed by atoms with E-state index < -0.39 is 23.6 Å². The number of carbonyl (C=O) groups is 2. The summed E-state index contributed by atoms with van der Waals surface area (Å²) < 4.78 is 11.5. The summed E-state index contributed by atoms with van der Waals surface area (Å²) in [6.07, 6.45) is 3.65. The van der Waals surface area contributed by atoms with E-state index in [0.29, 0.717) is 57.3 Å². The lowest BCUT2D eigenvalue weighted by Crippen LogP contribution is -2.29. The molecule has 4 rings (SSSR count). The van der Waals surface area contributed by atoms with Gasteiger partial charge in [0.25, 0.3) is 5.91 Å². The molecule has 0 unspecified atom stereocenters. The Kier molecular flexibility index (Phi) is 8.09. The number of methoxy groups -OCH3 is 1. The molecule has 0 saturated carbocycles. The maximum atomic E-state index is 13.4. The zero-order valence-electron chi connectivity index (χ0n) is 22.9. The number of benzene rings is 1. The second-order valence-corrected chi connectivity index (χ2v) is 10.9. The molecule has 1 aromatic carbocycles. The summed E-state index contributed by atoms with van der Waals surface area (Å²) in [6, 6.07) is 8.99. The van der Waals surface area contributed by atoms with Crippen LogP contribution in [0.2, 0.25) is 0 Å². The number of rotatable bonds is 7. The summed E-state index contributed by atoms with van der Waals surface area (Å²) in [5.41, 5.74) is 3.15. The van der Waals surface area contributed by atoms with Crippen molar-refractivity contribution in [1.82, 2.24) is 9.97 Å². The van der Waals surface area contributed by atoms with Crippen LogP contribution in [0.15, 0.2) is 47.5 Å². The summed E-state index contributed by atoms with van der Waals surface area (Å²) in [5.74, 6) is -0.743. The number of aliphatic carboxylic acids is 1. The van der Waals surface area contributed by atoms with Crippen molar-refractivity contribution in [3.05, 3.63) is 75.6 Å². The predicted octanol–water partition coefficient (Wildman–Crippen LogP) is 6.75. The van der Waals surface area contributed by atoms with Crippen molar-refractivity contribution < 1.29 is 24.2 Å². The third-order valence-electron chi connectivity index (χ3n) is 6.41. The summed E-state index contributed by atoms with van der Waals surface area (Å²) in [5, 5.41) is 14.6. The number of hydrogen-bond acceptors (Lipinski definition) is 6. The Morgan fingerprint density at radius 2 is 1.82 bits per heavy atom. The van der Waals surface area contributed by atoms with Crippen molar-refractivity contribution >= 4 is 45.8 Å². The summed E-state index contributed by atoms with van der Waals surface area (Å²) in [4.78, 5) is 35.0. The molecular formula is C30H32ClN3O5. The van der Waals surface area contributed by atoms with Gasteiger partial charge in [-0.05, 0) is 82.4 Å². The summed E-state index contributed by atoms with van der Waals surface area (Å²) in [7, 11) is 1.54. The van der Waals surface area contributed by atoms with E-state index in [4.69, 9.17) is 21.1 Å². The molecule has 1 aliphatic carbocycles. The molecule has 0 bridgehead atoms. The van der Waals surface area contributed by atoms with Crippen LogP contribution in [0.1, 0.15) is 72.6 Å². The third-order valence-corrected chi connectivity index (χ3v) is 6.72. The lowest BCUT2D eigenvalue weighted by atomic mass is 9.87. The average Bonchev–Trinajstić information content (AvgIpc) is 2.88. The quantitative estimate of drug-likeness (QED) is 0.335. The number of allylic oxidation sites excluding steroid dienone is 4.